The number of guanidine groups is 1. The van der Waals surface area contributed by atoms with Gasteiger partial charge in [0.2, 0.25) is 0 Å². The van der Waals surface area contributed by atoms with Gasteiger partial charge in [0.15, 0.2) is 75.2 Å². The van der Waals surface area contributed by atoms with Gasteiger partial charge in [0, 0.05) is 162 Å². The lowest BCUT2D eigenvalue weighted by atomic mass is 9.86. The highest BCUT2D eigenvalue weighted by Gasteiger charge is 2.43. The van der Waals surface area contributed by atoms with Crippen LogP contribution in [-0.2, 0) is 57.5 Å². The number of β-amino-alcohol motifs (C(OH)–C–C–N with tert-alkyl or cyclic N) is 3. The van der Waals surface area contributed by atoms with Crippen molar-refractivity contribution in [3.05, 3.63) is 0 Å². The normalized spacial score (nSPS) is 16.6. The highest BCUT2D eigenvalue weighted by atomic mass is 16.3. The molecule has 776 valence electrons. The van der Waals surface area contributed by atoms with Crippen LogP contribution in [0.3, 0.4) is 0 Å². The zero-order valence-electron chi connectivity index (χ0n) is 84.0. The molecule has 43 heteroatoms. The van der Waals surface area contributed by atoms with Gasteiger partial charge in [-0.15, -0.1) is 0 Å². The number of carbonyl (C=O) groups excluding carboxylic acids is 12. The van der Waals surface area contributed by atoms with E-state index in [0.29, 0.717) is 117 Å². The van der Waals surface area contributed by atoms with E-state index in [-0.39, 0.29) is 178 Å². The number of ketones is 12. The molecule has 0 aromatic heterocycles. The summed E-state index contributed by atoms with van der Waals surface area (Å²) in [6.45, 7) is 52.1. The largest absolute Gasteiger partial charge is 0.390 e. The van der Waals surface area contributed by atoms with Gasteiger partial charge in [-0.25, -0.2) is 0 Å². The fourth-order valence-electron chi connectivity index (χ4n) is 10.5. The van der Waals surface area contributed by atoms with Gasteiger partial charge in [-0.2, -0.15) is 0 Å². The number of hydrogen-bond acceptors (Lipinski definition) is 40. The van der Waals surface area contributed by atoms with Crippen molar-refractivity contribution in [2.24, 2.45) is 150 Å². The van der Waals surface area contributed by atoms with E-state index in [1.54, 1.807) is 138 Å². The molecule has 3 aliphatic rings. The second kappa shape index (κ2) is 79.9. The van der Waals surface area contributed by atoms with Crippen molar-refractivity contribution >= 4 is 81.7 Å². The van der Waals surface area contributed by atoms with Gasteiger partial charge in [-0.1, -0.05) is 180 Å². The molecule has 3 aliphatic heterocycles. The van der Waals surface area contributed by atoms with Crippen LogP contribution < -0.4 is 101 Å². The fraction of sp³-hybridized carbons (Fsp3) is 0.841. The summed E-state index contributed by atoms with van der Waals surface area (Å²) < 4.78 is 0. The Kier molecular flexibility index (Phi) is 87.0. The van der Waals surface area contributed by atoms with Gasteiger partial charge in [0.1, 0.15) is 65.3 Å². The topological polar surface area (TPSA) is 823 Å². The van der Waals surface area contributed by atoms with Gasteiger partial charge >= 0.3 is 0 Å². The minimum Gasteiger partial charge on any atom is -0.390 e. The van der Waals surface area contributed by atoms with Crippen LogP contribution in [0.15, 0.2) is 9.98 Å². The Morgan fingerprint density at radius 2 is 0.763 bits per heavy atom. The number of aliphatic hydroxyl groups is 11. The maximum Gasteiger partial charge on any atom is 0.185 e. The highest BCUT2D eigenvalue weighted by Crippen LogP contribution is 2.21. The molecular weight excluding hydrogens is 1710 g/mol. The SMILES string of the molecule is CC(C)C(=O)C(O)(CN)CN.CC(C)C(=O)C1(O)CCNC1.CC(C)C(=O)C1(O)CNC1.CC(C)C(=O)C1(O)CNNC1.CC(C)C(=O)[C@@H](C)CN=C(N)N.CC(C)C(=O)[C@@H](O)CCCN.CC(C)C(=O)[C@@H](O)CCN.CC(C)C(=O)[C@@H](O)CCNN.CC(C)C(=O)[C@@H](O)CN=CN.CC(C)C(=O)[C@@H](O)CNCCN.CC(C)C(=O)[C@@H](O)CNN.CCC(N)[C@H](O)C(=O)C(C)C. The summed E-state index contributed by atoms with van der Waals surface area (Å²) >= 11 is 0. The quantitative estimate of drug-likeness (QED) is 0.00894. The maximum atomic E-state index is 11.4. The zero-order valence-corrected chi connectivity index (χ0v) is 84.0. The molecule has 10 atom stereocenters. The molecule has 0 bridgehead atoms. The number of hydrazine groups is 3. The molecular formula is C88H186N20O23. The first-order valence-corrected chi connectivity index (χ1v) is 45.3. The van der Waals surface area contributed by atoms with Crippen LogP contribution in [0.5, 0.6) is 0 Å². The second-order valence-electron chi connectivity index (χ2n) is 35.7. The van der Waals surface area contributed by atoms with Crippen molar-refractivity contribution in [2.45, 2.75) is 290 Å². The minimum atomic E-state index is -1.52. The smallest absolute Gasteiger partial charge is 0.185 e. The molecule has 131 heavy (non-hydrogen) atoms. The van der Waals surface area contributed by atoms with Crippen LogP contribution in [0.1, 0.15) is 219 Å². The highest BCUT2D eigenvalue weighted by molar-refractivity contribution is 5.92. The van der Waals surface area contributed by atoms with Crippen LogP contribution in [0.4, 0.5) is 0 Å². The first-order valence-electron chi connectivity index (χ1n) is 45.3. The number of carbonyl (C=O) groups is 12. The van der Waals surface area contributed by atoms with E-state index in [9.17, 15) is 98.4 Å². The predicted octanol–water partition coefficient (Wildman–Crippen LogP) is -4.80. The molecule has 3 rings (SSSR count). The van der Waals surface area contributed by atoms with Crippen LogP contribution in [0.25, 0.3) is 0 Å². The number of nitrogens with zero attached hydrogens (tertiary/aromatic N) is 2. The monoisotopic (exact) mass is 1890 g/mol. The molecule has 0 saturated carbocycles. The lowest BCUT2D eigenvalue weighted by Gasteiger charge is -2.37. The number of hydrogen-bond donors (Lipinski definition) is 29. The van der Waals surface area contributed by atoms with E-state index < -0.39 is 71.2 Å². The van der Waals surface area contributed by atoms with E-state index in [2.05, 4.69) is 47.6 Å². The van der Waals surface area contributed by atoms with E-state index >= 15 is 0 Å². The Labute approximate surface area is 780 Å². The van der Waals surface area contributed by atoms with E-state index in [0.717, 1.165) is 12.9 Å². The summed E-state index contributed by atoms with van der Waals surface area (Å²) in [6.07, 6.45) is -2.16. The fourth-order valence-corrected chi connectivity index (χ4v) is 10.5. The van der Waals surface area contributed by atoms with Gasteiger partial charge in [0.25, 0.3) is 0 Å². The Hall–Kier alpha value is -6.26. The summed E-state index contributed by atoms with van der Waals surface area (Å²) in [7, 11) is 0. The standard InChI is InChI=1S/C8H17N3O.C8H18N2O2.C8H15NO2.2C8H17NO2.C7H14N2O2.C7H16N2O2.C7H14N2O2.C7H16N2O2.C7H13NO2.C7H15NO2.C6H14N2O2/c1-5(2)7(12)6(3)4-11-8(9)10;1-6(2)8(12)7(11)5-10-4-3-9;1-6(2)7(10)8(11)3-4-9-5-8;1-6(2)8(11)7(10)4-3-5-9;1-4-6(9)8(11)7(10)5(2)3;1-5(2)6(10)7(11)3-8-9-4-7;1-5(2)6(10)7(11,3-8)4-9;1-5(2)7(11)6(10)3-9-4-8;1-5(2)7(11)6(10)3-4-9-8;1-5(2)6(9)7(10)3-8-4-7;1-5(2)7(10)6(9)3-4-8;1-4(2)6(10)5(9)3-8-7/h5-6H,4H2,1-3H3,(H4,9,10,11);6-7,10-11H,3-5,9H2,1-2H3;6,9,11H,3-5H2,1-2H3;6-7,10H,3-5,9H2,1-2H3;5-6,8,11H,4,9H2,1-3H3;5,8-9,11H,3-4H2,1-2H3;5,11H,3-4,8-9H2,1-2H3;4-6,10H,3H2,1-2H3,(H2,8,9);5-6,9-10H,3-4,8H2,1-2H3;5,8,10H,3-4H2,1-2H3;5-6,9H,3-4,8H2,1-2H3;4-5,8-9H,3,7H2,1-2H3/t6-;7-;;7-;6?,8-;;;2*6-;;6-;5-/m00.00..00.00/s1. The van der Waals surface area contributed by atoms with Gasteiger partial charge in [-0.05, 0) is 58.2 Å². The van der Waals surface area contributed by atoms with Crippen LogP contribution >= 0.6 is 0 Å². The summed E-state index contributed by atoms with van der Waals surface area (Å²) in [5.41, 5.74) is 51.9. The van der Waals surface area contributed by atoms with E-state index in [1.165, 1.54) is 0 Å². The third-order valence-electron chi connectivity index (χ3n) is 19.2. The van der Waals surface area contributed by atoms with Gasteiger partial charge in [-0.3, -0.25) is 101 Å². The lowest BCUT2D eigenvalue weighted by Crippen LogP contribution is -2.65. The van der Waals surface area contributed by atoms with Crippen molar-refractivity contribution < 1.29 is 114 Å². The molecule has 3 fully saturated rings. The Bertz CT molecular complexity index is 3020. The third kappa shape index (κ3) is 68.4. The van der Waals surface area contributed by atoms with Gasteiger partial charge < -0.3 is 124 Å². The second-order valence-corrected chi connectivity index (χ2v) is 35.7. The Morgan fingerprint density at radius 1 is 0.412 bits per heavy atom. The van der Waals surface area contributed by atoms with Crippen LogP contribution in [0.2, 0.25) is 0 Å². The summed E-state index contributed by atoms with van der Waals surface area (Å²) in [5.74, 6) is 7.30. The Morgan fingerprint density at radius 3 is 1.04 bits per heavy atom. The summed E-state index contributed by atoms with van der Waals surface area (Å²) in [5, 5.41) is 111. The lowest BCUT2D eigenvalue weighted by molar-refractivity contribution is -0.145. The molecule has 0 aliphatic carbocycles. The van der Waals surface area contributed by atoms with Gasteiger partial charge in [0.05, 0.1) is 19.4 Å². The number of aliphatic hydroxyl groups excluding tert-OH is 7. The molecule has 3 heterocycles. The average molecular weight is 1890 g/mol. The summed E-state index contributed by atoms with van der Waals surface area (Å²) in [4.78, 5) is 141. The number of aliphatic imine (C=N–C) groups is 2. The molecule has 0 aromatic carbocycles. The molecule has 43 nitrogen and oxygen atoms in total. The van der Waals surface area contributed by atoms with E-state index in [1.807, 2.05) is 41.5 Å². The number of nitrogens with two attached hydrogens (primary N) is 11. The van der Waals surface area contributed by atoms with Crippen LogP contribution in [-0.4, -0.2) is 320 Å². The first-order chi connectivity index (χ1) is 60.2. The number of rotatable bonds is 46. The third-order valence-corrected chi connectivity index (χ3v) is 19.2. The molecule has 40 N–H and O–H groups in total. The molecule has 0 radical (unpaired) electrons. The summed E-state index contributed by atoms with van der Waals surface area (Å²) in [6, 6.07) is -0.412. The minimum absolute atomic E-state index is 0.0394. The zero-order chi connectivity index (χ0) is 105. The van der Waals surface area contributed by atoms with Crippen molar-refractivity contribution in [2.75, 3.05) is 111 Å². The Balaban J connectivity index is -0.000000177. The van der Waals surface area contributed by atoms with Crippen molar-refractivity contribution in [1.82, 2.24) is 37.7 Å². The maximum absolute atomic E-state index is 11.4. The molecule has 3 saturated heterocycles. The number of Topliss-reactive ketones (excluding diaryl/α,β-unsaturated/α-hetero) is 12. The average Bonchev–Trinajstić information content (AvgIpc) is 1.59. The molecule has 0 spiro atoms. The predicted molar refractivity (Wildman–Crippen MR) is 513 cm³/mol. The van der Waals surface area contributed by atoms with Crippen LogP contribution in [0, 0.1) is 76.9 Å². The molecule has 0 amide bonds. The molecule has 0 aromatic rings. The molecule has 2 unspecified atom stereocenters. The number of nitrogens with one attached hydrogen (secondary N) is 7. The van der Waals surface area contributed by atoms with E-state index in [4.69, 9.17) is 78.6 Å². The van der Waals surface area contributed by atoms with Crippen molar-refractivity contribution in [3.63, 3.8) is 0 Å². The first kappa shape index (κ1) is 143. The van der Waals surface area contributed by atoms with Crippen molar-refractivity contribution in [3.8, 4) is 0 Å². The van der Waals surface area contributed by atoms with Crippen molar-refractivity contribution in [1.29, 1.82) is 0 Å².